The van der Waals surface area contributed by atoms with E-state index < -0.39 is 14.9 Å². The van der Waals surface area contributed by atoms with Gasteiger partial charge in [-0.2, -0.15) is 4.31 Å². The Hall–Kier alpha value is -3.04. The Labute approximate surface area is 169 Å². The summed E-state index contributed by atoms with van der Waals surface area (Å²) in [4.78, 5) is 24.3. The van der Waals surface area contributed by atoms with Crippen LogP contribution in [0.1, 0.15) is 11.1 Å². The fourth-order valence-electron chi connectivity index (χ4n) is 3.08. The molecule has 1 amide bonds. The number of nitro groups is 1. The third kappa shape index (κ3) is 5.49. The number of carbonyl (C=O) groups is 1. The molecule has 0 radical (unpaired) electrons. The third-order valence-corrected chi connectivity index (χ3v) is 6.49. The number of carbonyl (C=O) groups excluding carboxylic acids is 1. The first kappa shape index (κ1) is 20.7. The van der Waals surface area contributed by atoms with Gasteiger partial charge in [0.2, 0.25) is 15.9 Å². The van der Waals surface area contributed by atoms with Gasteiger partial charge in [0.25, 0.3) is 5.69 Å². The van der Waals surface area contributed by atoms with Crippen molar-refractivity contribution in [2.45, 2.75) is 5.75 Å². The summed E-state index contributed by atoms with van der Waals surface area (Å²) in [6.45, 7) is 1.08. The number of rotatable bonds is 6. The van der Waals surface area contributed by atoms with E-state index >= 15 is 0 Å². The SMILES string of the molecule is O=C(C=Cc1cccc([N+](=O)[O-])c1)N1CCN(S(=O)(=O)Cc2ccccc2)CC1. The number of non-ortho nitro benzene ring substituents is 1. The lowest BCUT2D eigenvalue weighted by Crippen LogP contribution is -2.50. The lowest BCUT2D eigenvalue weighted by Gasteiger charge is -2.33. The molecule has 0 aliphatic carbocycles. The Kier molecular flexibility index (Phi) is 6.40. The molecule has 3 rings (SSSR count). The van der Waals surface area contributed by atoms with Gasteiger partial charge in [-0.15, -0.1) is 0 Å². The highest BCUT2D eigenvalue weighted by Gasteiger charge is 2.28. The average Bonchev–Trinajstić information content (AvgIpc) is 2.72. The second-order valence-electron chi connectivity index (χ2n) is 6.65. The summed E-state index contributed by atoms with van der Waals surface area (Å²) in [6, 6.07) is 15.0. The van der Waals surface area contributed by atoms with Crippen LogP contribution in [-0.2, 0) is 20.6 Å². The van der Waals surface area contributed by atoms with E-state index in [9.17, 15) is 23.3 Å². The summed E-state index contributed by atoms with van der Waals surface area (Å²) in [5.74, 6) is -0.314. The van der Waals surface area contributed by atoms with Crippen molar-refractivity contribution in [3.63, 3.8) is 0 Å². The van der Waals surface area contributed by atoms with Crippen molar-refractivity contribution in [3.05, 3.63) is 81.9 Å². The highest BCUT2D eigenvalue weighted by Crippen LogP contribution is 2.16. The Balaban J connectivity index is 1.56. The lowest BCUT2D eigenvalue weighted by atomic mass is 10.2. The van der Waals surface area contributed by atoms with E-state index in [4.69, 9.17) is 0 Å². The molecule has 1 heterocycles. The maximum atomic E-state index is 12.6. The highest BCUT2D eigenvalue weighted by atomic mass is 32.2. The summed E-state index contributed by atoms with van der Waals surface area (Å²) >= 11 is 0. The van der Waals surface area contributed by atoms with Gasteiger partial charge in [0.05, 0.1) is 10.7 Å². The largest absolute Gasteiger partial charge is 0.337 e. The number of nitrogens with zero attached hydrogens (tertiary/aromatic N) is 3. The van der Waals surface area contributed by atoms with Crippen LogP contribution in [0.25, 0.3) is 6.08 Å². The van der Waals surface area contributed by atoms with Gasteiger partial charge in [-0.05, 0) is 17.2 Å². The minimum absolute atomic E-state index is 0.0446. The van der Waals surface area contributed by atoms with Crippen molar-refractivity contribution >= 4 is 27.7 Å². The molecule has 1 aliphatic heterocycles. The zero-order chi connectivity index (χ0) is 20.9. The summed E-state index contributed by atoms with van der Waals surface area (Å²) in [5, 5.41) is 10.8. The highest BCUT2D eigenvalue weighted by molar-refractivity contribution is 7.88. The van der Waals surface area contributed by atoms with Gasteiger partial charge in [0, 0.05) is 44.4 Å². The van der Waals surface area contributed by atoms with Gasteiger partial charge < -0.3 is 4.90 Å². The van der Waals surface area contributed by atoms with Crippen LogP contribution in [0.5, 0.6) is 0 Å². The minimum atomic E-state index is -3.44. The van der Waals surface area contributed by atoms with Crippen LogP contribution in [0.15, 0.2) is 60.7 Å². The molecule has 2 aromatic carbocycles. The molecule has 2 aromatic rings. The first-order valence-corrected chi connectivity index (χ1v) is 10.7. The van der Waals surface area contributed by atoms with Crippen molar-refractivity contribution in [1.29, 1.82) is 0 Å². The smallest absolute Gasteiger partial charge is 0.270 e. The zero-order valence-corrected chi connectivity index (χ0v) is 16.5. The number of piperazine rings is 1. The molecule has 152 valence electrons. The molecule has 1 saturated heterocycles. The second kappa shape index (κ2) is 8.97. The fourth-order valence-corrected chi connectivity index (χ4v) is 4.59. The van der Waals surface area contributed by atoms with Crippen LogP contribution in [0, 0.1) is 10.1 Å². The molecule has 9 heteroatoms. The molecular weight excluding hydrogens is 394 g/mol. The van der Waals surface area contributed by atoms with Gasteiger partial charge in [0.1, 0.15) is 0 Å². The molecule has 29 heavy (non-hydrogen) atoms. The molecule has 1 fully saturated rings. The van der Waals surface area contributed by atoms with E-state index in [2.05, 4.69) is 0 Å². The summed E-state index contributed by atoms with van der Waals surface area (Å²) < 4.78 is 26.6. The monoisotopic (exact) mass is 415 g/mol. The molecule has 0 saturated carbocycles. The van der Waals surface area contributed by atoms with Gasteiger partial charge in [-0.3, -0.25) is 14.9 Å². The standard InChI is InChI=1S/C20H21N3O5S/c24-20(10-9-17-7-4-8-19(15-17)23(25)26)21-11-13-22(14-12-21)29(27,28)16-18-5-2-1-3-6-18/h1-10,15H,11-14,16H2. The second-order valence-corrected chi connectivity index (χ2v) is 8.62. The van der Waals surface area contributed by atoms with E-state index in [0.717, 1.165) is 5.56 Å². The topological polar surface area (TPSA) is 101 Å². The predicted molar refractivity (Wildman–Crippen MR) is 109 cm³/mol. The van der Waals surface area contributed by atoms with Crippen molar-refractivity contribution in [1.82, 2.24) is 9.21 Å². The molecule has 1 aliphatic rings. The maximum Gasteiger partial charge on any atom is 0.270 e. The predicted octanol–water partition coefficient (Wildman–Crippen LogP) is 2.28. The normalized spacial score (nSPS) is 15.5. The molecule has 0 bridgehead atoms. The van der Waals surface area contributed by atoms with Crippen molar-refractivity contribution in [3.8, 4) is 0 Å². The van der Waals surface area contributed by atoms with Crippen LogP contribution in [0.3, 0.4) is 0 Å². The van der Waals surface area contributed by atoms with Crippen LogP contribution < -0.4 is 0 Å². The van der Waals surface area contributed by atoms with E-state index in [0.29, 0.717) is 18.7 Å². The quantitative estimate of drug-likeness (QED) is 0.409. The third-order valence-electron chi connectivity index (χ3n) is 4.63. The molecular formula is C20H21N3O5S. The fraction of sp³-hybridized carbons (Fsp3) is 0.250. The number of benzene rings is 2. The molecule has 0 spiro atoms. The number of amides is 1. The maximum absolute atomic E-state index is 12.6. The van der Waals surface area contributed by atoms with E-state index in [1.165, 1.54) is 28.6 Å². The first-order chi connectivity index (χ1) is 13.8. The summed E-state index contributed by atoms with van der Waals surface area (Å²) in [6.07, 6.45) is 2.88. The molecule has 0 N–H and O–H groups in total. The summed E-state index contributed by atoms with van der Waals surface area (Å²) in [7, 11) is -3.44. The van der Waals surface area contributed by atoms with Gasteiger partial charge in [-0.25, -0.2) is 8.42 Å². The Morgan fingerprint density at radius 1 is 1.03 bits per heavy atom. The van der Waals surface area contributed by atoms with Crippen molar-refractivity contribution in [2.75, 3.05) is 26.2 Å². The van der Waals surface area contributed by atoms with Crippen LogP contribution >= 0.6 is 0 Å². The number of hydrogen-bond acceptors (Lipinski definition) is 5. The minimum Gasteiger partial charge on any atom is -0.337 e. The zero-order valence-electron chi connectivity index (χ0n) is 15.7. The Morgan fingerprint density at radius 3 is 2.38 bits per heavy atom. The van der Waals surface area contributed by atoms with E-state index in [1.807, 2.05) is 6.07 Å². The van der Waals surface area contributed by atoms with E-state index in [1.54, 1.807) is 41.3 Å². The van der Waals surface area contributed by atoms with Crippen molar-refractivity contribution < 1.29 is 18.1 Å². The molecule has 0 aromatic heterocycles. The number of sulfonamides is 1. The van der Waals surface area contributed by atoms with Crippen LogP contribution in [0.4, 0.5) is 5.69 Å². The number of nitro benzene ring substituents is 1. The van der Waals surface area contributed by atoms with Crippen molar-refractivity contribution in [2.24, 2.45) is 0 Å². The van der Waals surface area contributed by atoms with E-state index in [-0.39, 0.29) is 30.4 Å². The first-order valence-electron chi connectivity index (χ1n) is 9.08. The summed E-state index contributed by atoms with van der Waals surface area (Å²) in [5.41, 5.74) is 1.24. The van der Waals surface area contributed by atoms with Gasteiger partial charge >= 0.3 is 0 Å². The average molecular weight is 415 g/mol. The Morgan fingerprint density at radius 2 is 1.72 bits per heavy atom. The lowest BCUT2D eigenvalue weighted by molar-refractivity contribution is -0.384. The Bertz CT molecular complexity index is 1010. The van der Waals surface area contributed by atoms with Crippen LogP contribution in [0.2, 0.25) is 0 Å². The number of hydrogen-bond donors (Lipinski definition) is 0. The van der Waals surface area contributed by atoms with Gasteiger partial charge in [0.15, 0.2) is 0 Å². The van der Waals surface area contributed by atoms with Gasteiger partial charge in [-0.1, -0.05) is 42.5 Å². The molecule has 0 atom stereocenters. The molecule has 0 unspecified atom stereocenters. The van der Waals surface area contributed by atoms with Crippen LogP contribution in [-0.4, -0.2) is 54.6 Å². The molecule has 8 nitrogen and oxygen atoms in total.